The van der Waals surface area contributed by atoms with E-state index in [1.54, 1.807) is 18.2 Å². The van der Waals surface area contributed by atoms with Gasteiger partial charge in [0.25, 0.3) is 5.91 Å². The fourth-order valence-electron chi connectivity index (χ4n) is 4.04. The Balaban J connectivity index is 1.82. The van der Waals surface area contributed by atoms with Crippen LogP contribution in [0.3, 0.4) is 0 Å². The summed E-state index contributed by atoms with van der Waals surface area (Å²) in [6, 6.07) is 12.7. The lowest BCUT2D eigenvalue weighted by Gasteiger charge is -2.39. The van der Waals surface area contributed by atoms with Crippen LogP contribution in [0.4, 0.5) is 0 Å². The molecular formula is C23H18Cl2N4O3. The zero-order valence-corrected chi connectivity index (χ0v) is 18.2. The molecule has 1 aliphatic carbocycles. The number of nitrogens with two attached hydrogens (primary N) is 1. The molecule has 162 valence electrons. The van der Waals surface area contributed by atoms with Crippen LogP contribution in [0, 0.1) is 11.3 Å². The van der Waals surface area contributed by atoms with Gasteiger partial charge in [-0.25, -0.2) is 5.01 Å². The number of nitrogens with one attached hydrogen (secondary N) is 1. The zero-order chi connectivity index (χ0) is 23.0. The minimum absolute atomic E-state index is 0.0177. The molecule has 0 radical (unpaired) electrons. The van der Waals surface area contributed by atoms with Crippen LogP contribution >= 0.6 is 23.2 Å². The number of benzene rings is 2. The lowest BCUT2D eigenvalue weighted by molar-refractivity contribution is -0.116. The van der Waals surface area contributed by atoms with E-state index in [-0.39, 0.29) is 28.5 Å². The minimum Gasteiger partial charge on any atom is -0.508 e. The molecule has 1 atom stereocenters. The van der Waals surface area contributed by atoms with Crippen molar-refractivity contribution in [1.29, 1.82) is 5.26 Å². The van der Waals surface area contributed by atoms with Crippen molar-refractivity contribution in [1.82, 2.24) is 10.4 Å². The summed E-state index contributed by atoms with van der Waals surface area (Å²) >= 11 is 12.5. The second-order valence-corrected chi connectivity index (χ2v) is 8.31. The standard InChI is InChI=1S/C23H18Cl2N4O3/c24-13-6-9-15(17(25)10-13)20-16(11-26)22(27)29(18-2-1-3-19(31)21(18)20)28-23(32)12-4-7-14(30)8-5-12/h4-10,20,30H,1-3,27H2,(H,28,32). The largest absolute Gasteiger partial charge is 0.508 e. The van der Waals surface area contributed by atoms with E-state index in [0.29, 0.717) is 46.1 Å². The van der Waals surface area contributed by atoms with Crippen LogP contribution in [0.25, 0.3) is 0 Å². The van der Waals surface area contributed by atoms with E-state index in [2.05, 4.69) is 11.5 Å². The average molecular weight is 469 g/mol. The molecule has 1 amide bonds. The number of ketones is 1. The molecule has 0 aromatic heterocycles. The molecule has 7 nitrogen and oxygen atoms in total. The Labute approximate surface area is 194 Å². The van der Waals surface area contributed by atoms with Crippen molar-refractivity contribution < 1.29 is 14.7 Å². The molecule has 0 bridgehead atoms. The van der Waals surface area contributed by atoms with Gasteiger partial charge in [-0.15, -0.1) is 0 Å². The molecule has 2 aromatic carbocycles. The number of Topliss-reactive ketones (excluding diaryl/α,β-unsaturated/α-hetero) is 1. The summed E-state index contributed by atoms with van der Waals surface area (Å²) in [6.07, 6.45) is 1.39. The maximum absolute atomic E-state index is 13.0. The van der Waals surface area contributed by atoms with Crippen LogP contribution in [0.15, 0.2) is 65.1 Å². The molecule has 1 aliphatic heterocycles. The molecule has 0 saturated heterocycles. The summed E-state index contributed by atoms with van der Waals surface area (Å²) in [5, 5.41) is 21.5. The smallest absolute Gasteiger partial charge is 0.270 e. The number of carbonyl (C=O) groups is 2. The third kappa shape index (κ3) is 3.79. The number of amides is 1. The molecule has 32 heavy (non-hydrogen) atoms. The number of phenolic OH excluding ortho intramolecular Hbond substituents is 1. The molecule has 2 aliphatic rings. The molecule has 1 heterocycles. The molecule has 2 aromatic rings. The predicted molar refractivity (Wildman–Crippen MR) is 119 cm³/mol. The number of carbonyl (C=O) groups excluding carboxylic acids is 2. The number of hydrazine groups is 1. The van der Waals surface area contributed by atoms with Crippen LogP contribution in [-0.4, -0.2) is 21.8 Å². The maximum Gasteiger partial charge on any atom is 0.270 e. The average Bonchev–Trinajstić information content (AvgIpc) is 2.76. The van der Waals surface area contributed by atoms with Crippen molar-refractivity contribution in [2.24, 2.45) is 5.73 Å². The van der Waals surface area contributed by atoms with E-state index >= 15 is 0 Å². The van der Waals surface area contributed by atoms with E-state index in [0.717, 1.165) is 0 Å². The fraction of sp³-hybridized carbons (Fsp3) is 0.174. The molecule has 9 heteroatoms. The van der Waals surface area contributed by atoms with Gasteiger partial charge in [0.15, 0.2) is 5.78 Å². The Bertz CT molecular complexity index is 1230. The highest BCUT2D eigenvalue weighted by molar-refractivity contribution is 6.35. The summed E-state index contributed by atoms with van der Waals surface area (Å²) in [6.45, 7) is 0. The van der Waals surface area contributed by atoms with Crippen LogP contribution in [0.5, 0.6) is 5.75 Å². The van der Waals surface area contributed by atoms with Gasteiger partial charge in [0.05, 0.1) is 17.6 Å². The summed E-state index contributed by atoms with van der Waals surface area (Å²) in [4.78, 5) is 25.9. The fourth-order valence-corrected chi connectivity index (χ4v) is 4.56. The maximum atomic E-state index is 13.0. The minimum atomic E-state index is -0.755. The van der Waals surface area contributed by atoms with Gasteiger partial charge in [0.1, 0.15) is 11.6 Å². The third-order valence-corrected chi connectivity index (χ3v) is 6.09. The van der Waals surface area contributed by atoms with Crippen molar-refractivity contribution in [2.75, 3.05) is 0 Å². The molecule has 0 spiro atoms. The van der Waals surface area contributed by atoms with E-state index in [4.69, 9.17) is 28.9 Å². The molecule has 4 N–H and O–H groups in total. The van der Waals surface area contributed by atoms with E-state index < -0.39 is 11.8 Å². The molecule has 4 rings (SSSR count). The summed E-state index contributed by atoms with van der Waals surface area (Å²) < 4.78 is 0. The van der Waals surface area contributed by atoms with Crippen LogP contribution in [-0.2, 0) is 4.79 Å². The lowest BCUT2D eigenvalue weighted by atomic mass is 9.76. The van der Waals surface area contributed by atoms with Crippen molar-refractivity contribution >= 4 is 34.9 Å². The number of aromatic hydroxyl groups is 1. The number of hydrogen-bond donors (Lipinski definition) is 3. The first kappa shape index (κ1) is 21.8. The summed E-state index contributed by atoms with van der Waals surface area (Å²) in [5.41, 5.74) is 10.9. The number of allylic oxidation sites excluding steroid dienone is 3. The first-order valence-electron chi connectivity index (χ1n) is 9.83. The Kier molecular flexibility index (Phi) is 5.83. The SMILES string of the molecule is N#CC1=C(N)N(NC(=O)c2ccc(O)cc2)C2=C(C(=O)CCC2)C1c1ccc(Cl)cc1Cl. The number of rotatable bonds is 3. The summed E-state index contributed by atoms with van der Waals surface area (Å²) in [7, 11) is 0. The lowest BCUT2D eigenvalue weighted by Crippen LogP contribution is -2.48. The van der Waals surface area contributed by atoms with E-state index in [9.17, 15) is 20.0 Å². The Morgan fingerprint density at radius 3 is 2.56 bits per heavy atom. The normalized spacial score (nSPS) is 18.3. The Morgan fingerprint density at radius 2 is 1.91 bits per heavy atom. The highest BCUT2D eigenvalue weighted by Crippen LogP contribution is 2.46. The van der Waals surface area contributed by atoms with Crippen molar-refractivity contribution in [2.45, 2.75) is 25.2 Å². The van der Waals surface area contributed by atoms with Gasteiger partial charge in [-0.2, -0.15) is 5.26 Å². The number of hydrogen-bond acceptors (Lipinski definition) is 6. The van der Waals surface area contributed by atoms with Gasteiger partial charge < -0.3 is 10.8 Å². The topological polar surface area (TPSA) is 119 Å². The number of nitrogens with zero attached hydrogens (tertiary/aromatic N) is 2. The van der Waals surface area contributed by atoms with Gasteiger partial charge in [-0.1, -0.05) is 29.3 Å². The first-order valence-corrected chi connectivity index (χ1v) is 10.6. The summed E-state index contributed by atoms with van der Waals surface area (Å²) in [5.74, 6) is -1.35. The number of halogens is 2. The van der Waals surface area contributed by atoms with Crippen molar-refractivity contribution in [3.8, 4) is 11.8 Å². The third-order valence-electron chi connectivity index (χ3n) is 5.53. The van der Waals surface area contributed by atoms with Gasteiger partial charge in [-0.05, 0) is 54.8 Å². The predicted octanol–water partition coefficient (Wildman–Crippen LogP) is 4.14. The monoisotopic (exact) mass is 468 g/mol. The first-order chi connectivity index (χ1) is 15.3. The van der Waals surface area contributed by atoms with E-state index in [1.807, 2.05) is 0 Å². The number of nitriles is 1. The molecular weight excluding hydrogens is 451 g/mol. The van der Waals surface area contributed by atoms with Crippen LogP contribution in [0.2, 0.25) is 10.0 Å². The second-order valence-electron chi connectivity index (χ2n) is 7.47. The van der Waals surface area contributed by atoms with Crippen LogP contribution in [0.1, 0.15) is 41.1 Å². The molecule has 0 saturated carbocycles. The highest BCUT2D eigenvalue weighted by Gasteiger charge is 2.41. The molecule has 1 unspecified atom stereocenters. The van der Waals surface area contributed by atoms with Crippen molar-refractivity contribution in [3.05, 3.63) is 86.3 Å². The Morgan fingerprint density at radius 1 is 1.19 bits per heavy atom. The molecule has 0 fully saturated rings. The van der Waals surface area contributed by atoms with Gasteiger partial charge in [0.2, 0.25) is 0 Å². The van der Waals surface area contributed by atoms with E-state index in [1.165, 1.54) is 29.3 Å². The van der Waals surface area contributed by atoms with Crippen molar-refractivity contribution in [3.63, 3.8) is 0 Å². The van der Waals surface area contributed by atoms with Gasteiger partial charge in [-0.3, -0.25) is 15.0 Å². The van der Waals surface area contributed by atoms with Gasteiger partial charge in [0, 0.05) is 33.3 Å². The zero-order valence-electron chi connectivity index (χ0n) is 16.7. The highest BCUT2D eigenvalue weighted by atomic mass is 35.5. The van der Waals surface area contributed by atoms with Gasteiger partial charge >= 0.3 is 0 Å². The second kappa shape index (κ2) is 8.58. The Hall–Kier alpha value is -3.47. The van der Waals surface area contributed by atoms with Crippen LogP contribution < -0.4 is 11.2 Å². The number of phenols is 1. The quantitative estimate of drug-likeness (QED) is 0.622.